The summed E-state index contributed by atoms with van der Waals surface area (Å²) in [4.78, 5) is 17.7. The van der Waals surface area contributed by atoms with Gasteiger partial charge in [-0.15, -0.1) is 5.10 Å². The van der Waals surface area contributed by atoms with Crippen LogP contribution in [0.2, 0.25) is 0 Å². The summed E-state index contributed by atoms with van der Waals surface area (Å²) in [6.07, 6.45) is 4.91. The fourth-order valence-corrected chi connectivity index (χ4v) is 4.36. The van der Waals surface area contributed by atoms with Gasteiger partial charge in [-0.05, 0) is 43.2 Å². The van der Waals surface area contributed by atoms with E-state index in [0.717, 1.165) is 77.3 Å². The first kappa shape index (κ1) is 16.0. The first-order chi connectivity index (χ1) is 11.7. The summed E-state index contributed by atoms with van der Waals surface area (Å²) in [5.41, 5.74) is 0.0722. The second-order valence-corrected chi connectivity index (χ2v) is 7.33. The van der Waals surface area contributed by atoms with Crippen molar-refractivity contribution < 1.29 is 9.53 Å². The van der Waals surface area contributed by atoms with E-state index in [2.05, 4.69) is 32.4 Å². The van der Waals surface area contributed by atoms with Crippen molar-refractivity contribution in [1.82, 2.24) is 30.0 Å². The number of ether oxygens (including phenoxy) is 1. The zero-order valence-electron chi connectivity index (χ0n) is 14.4. The Morgan fingerprint density at radius 2 is 2.04 bits per heavy atom. The Kier molecular flexibility index (Phi) is 4.26. The third-order valence-corrected chi connectivity index (χ3v) is 6.02. The molecule has 8 heteroatoms. The van der Waals surface area contributed by atoms with E-state index in [0.29, 0.717) is 0 Å². The summed E-state index contributed by atoms with van der Waals surface area (Å²) in [5, 5.41) is 12.0. The van der Waals surface area contributed by atoms with Crippen LogP contribution in [0.25, 0.3) is 0 Å². The van der Waals surface area contributed by atoms with Gasteiger partial charge in [0, 0.05) is 44.9 Å². The molecule has 0 aliphatic carbocycles. The maximum Gasteiger partial charge on any atom is 0.233 e. The summed E-state index contributed by atoms with van der Waals surface area (Å²) >= 11 is 0. The van der Waals surface area contributed by atoms with Gasteiger partial charge in [0.05, 0.1) is 5.92 Å². The Labute approximate surface area is 142 Å². The molecular formula is C16H26N6O2. The molecule has 1 unspecified atom stereocenters. The Balaban J connectivity index is 1.54. The van der Waals surface area contributed by atoms with E-state index in [-0.39, 0.29) is 17.4 Å². The van der Waals surface area contributed by atoms with E-state index in [1.165, 1.54) is 0 Å². The lowest BCUT2D eigenvalue weighted by atomic mass is 9.85. The van der Waals surface area contributed by atoms with Crippen LogP contribution in [-0.4, -0.2) is 81.3 Å². The SMILES string of the molecule is CN1CCN(C(=O)C2CCCCn3nnnc32)CC12CCOCC2. The fraction of sp³-hybridized carbons (Fsp3) is 0.875. The van der Waals surface area contributed by atoms with Gasteiger partial charge in [0.1, 0.15) is 0 Å². The molecule has 24 heavy (non-hydrogen) atoms. The number of hydrogen-bond acceptors (Lipinski definition) is 6. The van der Waals surface area contributed by atoms with Gasteiger partial charge >= 0.3 is 0 Å². The molecule has 1 aromatic heterocycles. The number of likely N-dealkylation sites (N-methyl/N-ethyl adjacent to an activating group) is 1. The van der Waals surface area contributed by atoms with Crippen molar-refractivity contribution in [1.29, 1.82) is 0 Å². The lowest BCUT2D eigenvalue weighted by Gasteiger charge is -2.51. The largest absolute Gasteiger partial charge is 0.381 e. The van der Waals surface area contributed by atoms with Crippen LogP contribution in [0.15, 0.2) is 0 Å². The van der Waals surface area contributed by atoms with Crippen molar-refractivity contribution in [3.05, 3.63) is 5.82 Å². The molecule has 2 fully saturated rings. The molecule has 1 atom stereocenters. The summed E-state index contributed by atoms with van der Waals surface area (Å²) < 4.78 is 7.37. The molecule has 3 aliphatic rings. The lowest BCUT2D eigenvalue weighted by Crippen LogP contribution is -2.64. The van der Waals surface area contributed by atoms with Crippen LogP contribution in [-0.2, 0) is 16.1 Å². The molecule has 3 aliphatic heterocycles. The number of fused-ring (bicyclic) bond motifs is 1. The highest BCUT2D eigenvalue weighted by atomic mass is 16.5. The number of carbonyl (C=O) groups is 1. The minimum Gasteiger partial charge on any atom is -0.381 e. The van der Waals surface area contributed by atoms with Crippen LogP contribution in [0.1, 0.15) is 43.8 Å². The number of piperazine rings is 1. The van der Waals surface area contributed by atoms with Gasteiger partial charge < -0.3 is 9.64 Å². The minimum absolute atomic E-state index is 0.0722. The average molecular weight is 334 g/mol. The van der Waals surface area contributed by atoms with Gasteiger partial charge in [0.2, 0.25) is 5.91 Å². The van der Waals surface area contributed by atoms with E-state index in [1.807, 2.05) is 4.68 Å². The number of amides is 1. The molecule has 8 nitrogen and oxygen atoms in total. The number of carbonyl (C=O) groups excluding carboxylic acids is 1. The first-order valence-corrected chi connectivity index (χ1v) is 9.03. The van der Waals surface area contributed by atoms with Gasteiger partial charge in [-0.1, -0.05) is 6.42 Å². The highest BCUT2D eigenvalue weighted by Gasteiger charge is 2.44. The van der Waals surface area contributed by atoms with Crippen molar-refractivity contribution in [3.8, 4) is 0 Å². The Morgan fingerprint density at radius 3 is 2.88 bits per heavy atom. The molecule has 0 N–H and O–H groups in total. The maximum atomic E-state index is 13.3. The zero-order chi connectivity index (χ0) is 16.6. The van der Waals surface area contributed by atoms with Crippen LogP contribution in [0.4, 0.5) is 0 Å². The van der Waals surface area contributed by atoms with Crippen molar-refractivity contribution in [3.63, 3.8) is 0 Å². The predicted molar refractivity (Wildman–Crippen MR) is 86.4 cm³/mol. The molecule has 1 spiro atoms. The normalized spacial score (nSPS) is 27.7. The van der Waals surface area contributed by atoms with Gasteiger partial charge in [0.25, 0.3) is 0 Å². The summed E-state index contributed by atoms with van der Waals surface area (Å²) in [6.45, 7) is 4.89. The Bertz CT molecular complexity index is 597. The minimum atomic E-state index is -0.192. The Hall–Kier alpha value is -1.54. The van der Waals surface area contributed by atoms with Crippen LogP contribution in [0.5, 0.6) is 0 Å². The van der Waals surface area contributed by atoms with Crippen LogP contribution in [0.3, 0.4) is 0 Å². The summed E-state index contributed by atoms with van der Waals surface area (Å²) in [5.74, 6) is 0.757. The summed E-state index contributed by atoms with van der Waals surface area (Å²) in [6, 6.07) is 0. The quantitative estimate of drug-likeness (QED) is 0.733. The molecule has 132 valence electrons. The predicted octanol–water partition coefficient (Wildman–Crippen LogP) is 0.264. The van der Waals surface area contributed by atoms with Gasteiger partial charge in [-0.3, -0.25) is 9.69 Å². The molecule has 0 radical (unpaired) electrons. The standard InChI is InChI=1S/C16H26N6O2/c1-20-8-9-21(12-16(20)5-10-24-11-6-16)15(23)13-4-2-3-7-22-14(13)17-18-19-22/h13H,2-12H2,1H3. The fourth-order valence-electron chi connectivity index (χ4n) is 4.36. The molecule has 0 saturated carbocycles. The number of nitrogens with zero attached hydrogens (tertiary/aromatic N) is 6. The second kappa shape index (κ2) is 6.40. The molecule has 0 aromatic carbocycles. The number of aromatic nitrogens is 4. The molecule has 2 saturated heterocycles. The van der Waals surface area contributed by atoms with Crippen LogP contribution in [0, 0.1) is 0 Å². The Morgan fingerprint density at radius 1 is 1.21 bits per heavy atom. The van der Waals surface area contributed by atoms with Gasteiger partial charge in [-0.25, -0.2) is 4.68 Å². The highest BCUT2D eigenvalue weighted by molar-refractivity contribution is 5.83. The van der Waals surface area contributed by atoms with Crippen molar-refractivity contribution in [2.45, 2.75) is 50.1 Å². The molecule has 1 amide bonds. The second-order valence-electron chi connectivity index (χ2n) is 7.33. The third-order valence-electron chi connectivity index (χ3n) is 6.02. The van der Waals surface area contributed by atoms with Crippen LogP contribution >= 0.6 is 0 Å². The van der Waals surface area contributed by atoms with E-state index in [1.54, 1.807) is 0 Å². The average Bonchev–Trinajstić information content (AvgIpc) is 2.97. The lowest BCUT2D eigenvalue weighted by molar-refractivity contribution is -0.141. The molecular weight excluding hydrogens is 308 g/mol. The van der Waals surface area contributed by atoms with Crippen molar-refractivity contribution in [2.75, 3.05) is 39.9 Å². The maximum absolute atomic E-state index is 13.3. The van der Waals surface area contributed by atoms with Crippen LogP contribution < -0.4 is 0 Å². The van der Waals surface area contributed by atoms with E-state index < -0.39 is 0 Å². The van der Waals surface area contributed by atoms with Gasteiger partial charge in [0.15, 0.2) is 5.82 Å². The number of hydrogen-bond donors (Lipinski definition) is 0. The van der Waals surface area contributed by atoms with E-state index in [9.17, 15) is 4.79 Å². The van der Waals surface area contributed by atoms with Gasteiger partial charge in [-0.2, -0.15) is 0 Å². The molecule has 1 aromatic rings. The summed E-state index contributed by atoms with van der Waals surface area (Å²) in [7, 11) is 2.18. The number of rotatable bonds is 1. The smallest absolute Gasteiger partial charge is 0.233 e. The highest BCUT2D eigenvalue weighted by Crippen LogP contribution is 2.33. The number of tetrazole rings is 1. The van der Waals surface area contributed by atoms with Crippen molar-refractivity contribution >= 4 is 5.91 Å². The topological polar surface area (TPSA) is 76.4 Å². The molecule has 4 heterocycles. The number of aryl methyl sites for hydroxylation is 1. The molecule has 4 rings (SSSR count). The first-order valence-electron chi connectivity index (χ1n) is 9.03. The zero-order valence-corrected chi connectivity index (χ0v) is 14.4. The third kappa shape index (κ3) is 2.71. The monoisotopic (exact) mass is 334 g/mol. The van der Waals surface area contributed by atoms with Crippen molar-refractivity contribution in [2.24, 2.45) is 0 Å². The van der Waals surface area contributed by atoms with E-state index >= 15 is 0 Å². The van der Waals surface area contributed by atoms with E-state index in [4.69, 9.17) is 4.74 Å². The molecule has 0 bridgehead atoms.